The zero-order chi connectivity index (χ0) is 22.1. The van der Waals surface area contributed by atoms with E-state index in [0.29, 0.717) is 45.5 Å². The second-order valence-corrected chi connectivity index (χ2v) is 6.92. The number of furan rings is 1. The van der Waals surface area contributed by atoms with Crippen LogP contribution in [0, 0.1) is 6.92 Å². The Hall–Kier alpha value is -3.94. The molecule has 0 radical (unpaired) electrons. The second-order valence-electron chi connectivity index (χ2n) is 6.92. The lowest BCUT2D eigenvalue weighted by Crippen LogP contribution is -2.43. The molecule has 0 fully saturated rings. The third-order valence-corrected chi connectivity index (χ3v) is 5.18. The normalized spacial score (nSPS) is 15.2. The van der Waals surface area contributed by atoms with E-state index in [1.807, 2.05) is 12.1 Å². The van der Waals surface area contributed by atoms with E-state index in [-0.39, 0.29) is 5.91 Å². The summed E-state index contributed by atoms with van der Waals surface area (Å²) in [7, 11) is 4.39. The fourth-order valence-electron chi connectivity index (χ4n) is 3.64. The molecule has 8 nitrogen and oxygen atoms in total. The summed E-state index contributed by atoms with van der Waals surface area (Å²) in [5.41, 5.74) is 1.99. The Morgan fingerprint density at radius 3 is 2.55 bits per heavy atom. The van der Waals surface area contributed by atoms with E-state index in [4.69, 9.17) is 18.6 Å². The lowest BCUT2D eigenvalue weighted by Gasteiger charge is -2.37. The van der Waals surface area contributed by atoms with Crippen LogP contribution in [0.5, 0.6) is 11.5 Å². The van der Waals surface area contributed by atoms with Crippen LogP contribution >= 0.6 is 0 Å². The topological polar surface area (TPSA) is 90.2 Å². The number of hydrogen-bond acceptors (Lipinski definition) is 7. The van der Waals surface area contributed by atoms with Gasteiger partial charge in [-0.05, 0) is 37.3 Å². The van der Waals surface area contributed by atoms with Gasteiger partial charge in [-0.2, -0.15) is 0 Å². The van der Waals surface area contributed by atoms with Crippen LogP contribution in [-0.2, 0) is 4.74 Å². The van der Waals surface area contributed by atoms with E-state index >= 15 is 0 Å². The monoisotopic (exact) mass is 422 g/mol. The molecule has 0 bridgehead atoms. The van der Waals surface area contributed by atoms with Gasteiger partial charge in [-0.15, -0.1) is 0 Å². The summed E-state index contributed by atoms with van der Waals surface area (Å²) in [6, 6.07) is 14.0. The first kappa shape index (κ1) is 20.3. The molecule has 1 amide bonds. The van der Waals surface area contributed by atoms with Gasteiger partial charge in [0, 0.05) is 11.8 Å². The number of anilines is 2. The fraction of sp³-hybridized carbons (Fsp3) is 0.217. The number of methoxy groups -OCH3 is 3. The summed E-state index contributed by atoms with van der Waals surface area (Å²) in [5.74, 6) is 1.09. The molecule has 1 atom stereocenters. The van der Waals surface area contributed by atoms with Gasteiger partial charge >= 0.3 is 5.97 Å². The van der Waals surface area contributed by atoms with Crippen LogP contribution in [-0.4, -0.2) is 33.2 Å². The summed E-state index contributed by atoms with van der Waals surface area (Å²) >= 11 is 0. The van der Waals surface area contributed by atoms with Crippen molar-refractivity contribution in [3.8, 4) is 11.5 Å². The average molecular weight is 422 g/mol. The Kier molecular flexibility index (Phi) is 5.29. The Balaban J connectivity index is 1.88. The van der Waals surface area contributed by atoms with Gasteiger partial charge in [0.05, 0.1) is 32.6 Å². The van der Waals surface area contributed by atoms with Crippen molar-refractivity contribution in [3.05, 3.63) is 71.2 Å². The average Bonchev–Trinajstić information content (AvgIpc) is 3.19. The number of ether oxygens (including phenoxy) is 3. The van der Waals surface area contributed by atoms with Crippen molar-refractivity contribution < 1.29 is 28.2 Å². The van der Waals surface area contributed by atoms with Crippen molar-refractivity contribution in [1.82, 2.24) is 0 Å². The van der Waals surface area contributed by atoms with Crippen LogP contribution in [0.2, 0.25) is 0 Å². The van der Waals surface area contributed by atoms with Crippen LogP contribution in [0.1, 0.15) is 38.4 Å². The van der Waals surface area contributed by atoms with Crippen LogP contribution < -0.4 is 19.7 Å². The SMILES string of the molecule is COC(=O)c1cc([C@@H]2Nc3ccccc3C(=O)N2c2ccc(OC)cc2OC)oc1C. The Bertz CT molecular complexity index is 1150. The van der Waals surface area contributed by atoms with Gasteiger partial charge in [0.15, 0.2) is 6.17 Å². The molecule has 31 heavy (non-hydrogen) atoms. The maximum absolute atomic E-state index is 13.6. The van der Waals surface area contributed by atoms with Crippen molar-refractivity contribution >= 4 is 23.3 Å². The van der Waals surface area contributed by atoms with E-state index in [1.54, 1.807) is 55.3 Å². The fourth-order valence-corrected chi connectivity index (χ4v) is 3.64. The number of rotatable bonds is 5. The molecule has 2 aromatic carbocycles. The number of nitrogens with one attached hydrogen (secondary N) is 1. The summed E-state index contributed by atoms with van der Waals surface area (Å²) < 4.78 is 21.5. The molecule has 2 heterocycles. The van der Waals surface area contributed by atoms with Crippen LogP contribution in [0.25, 0.3) is 0 Å². The van der Waals surface area contributed by atoms with Gasteiger partial charge in [-0.25, -0.2) is 4.79 Å². The van der Waals surface area contributed by atoms with Crippen molar-refractivity contribution in [2.45, 2.75) is 13.1 Å². The Labute approximate surface area is 179 Å². The standard InChI is InChI=1S/C23H22N2O6/c1-13-16(23(27)30-4)12-20(31-13)21-24-17-8-6-5-7-15(17)22(26)25(21)18-10-9-14(28-2)11-19(18)29-3/h5-12,21,24H,1-4H3/t21-/m1/s1. The van der Waals surface area contributed by atoms with E-state index in [1.165, 1.54) is 14.2 Å². The van der Waals surface area contributed by atoms with Crippen LogP contribution in [0.15, 0.2) is 52.9 Å². The first-order valence-corrected chi connectivity index (χ1v) is 9.58. The van der Waals surface area contributed by atoms with Gasteiger partial charge in [0.25, 0.3) is 5.91 Å². The van der Waals surface area contributed by atoms with E-state index < -0.39 is 12.1 Å². The quantitative estimate of drug-likeness (QED) is 0.618. The number of benzene rings is 2. The number of carbonyl (C=O) groups excluding carboxylic acids is 2. The maximum Gasteiger partial charge on any atom is 0.341 e. The zero-order valence-corrected chi connectivity index (χ0v) is 17.6. The summed E-state index contributed by atoms with van der Waals surface area (Å²) in [4.78, 5) is 27.2. The van der Waals surface area contributed by atoms with Crippen molar-refractivity contribution in [2.24, 2.45) is 0 Å². The van der Waals surface area contributed by atoms with Gasteiger partial charge < -0.3 is 23.9 Å². The van der Waals surface area contributed by atoms with Gasteiger partial charge in [-0.3, -0.25) is 9.69 Å². The number of nitrogens with zero attached hydrogens (tertiary/aromatic N) is 1. The van der Waals surface area contributed by atoms with E-state index in [9.17, 15) is 9.59 Å². The predicted octanol–water partition coefficient (Wildman–Crippen LogP) is 4.16. The molecule has 0 saturated carbocycles. The smallest absolute Gasteiger partial charge is 0.341 e. The van der Waals surface area contributed by atoms with Crippen LogP contribution in [0.3, 0.4) is 0 Å². The zero-order valence-electron chi connectivity index (χ0n) is 17.6. The highest BCUT2D eigenvalue weighted by Gasteiger charge is 2.38. The molecule has 0 spiro atoms. The van der Waals surface area contributed by atoms with E-state index in [2.05, 4.69) is 5.32 Å². The molecule has 8 heteroatoms. The number of hydrogen-bond donors (Lipinski definition) is 1. The largest absolute Gasteiger partial charge is 0.497 e. The molecule has 160 valence electrons. The number of amides is 1. The van der Waals surface area contributed by atoms with Gasteiger partial charge in [0.2, 0.25) is 0 Å². The number of fused-ring (bicyclic) bond motifs is 1. The molecule has 1 N–H and O–H groups in total. The number of carbonyl (C=O) groups is 2. The summed E-state index contributed by atoms with van der Waals surface area (Å²) in [6.45, 7) is 1.67. The molecule has 1 aliphatic rings. The minimum atomic E-state index is -0.721. The molecule has 0 saturated heterocycles. The second kappa shape index (κ2) is 8.06. The lowest BCUT2D eigenvalue weighted by molar-refractivity contribution is 0.0598. The first-order chi connectivity index (χ1) is 15.0. The Morgan fingerprint density at radius 2 is 1.84 bits per heavy atom. The highest BCUT2D eigenvalue weighted by atomic mass is 16.5. The third kappa shape index (κ3) is 3.46. The molecule has 0 aliphatic carbocycles. The molecule has 3 aromatic rings. The van der Waals surface area contributed by atoms with E-state index in [0.717, 1.165) is 0 Å². The predicted molar refractivity (Wildman–Crippen MR) is 114 cm³/mol. The number of aryl methyl sites for hydroxylation is 1. The minimum absolute atomic E-state index is 0.239. The van der Waals surface area contributed by atoms with Crippen molar-refractivity contribution in [2.75, 3.05) is 31.5 Å². The van der Waals surface area contributed by atoms with Crippen molar-refractivity contribution in [1.29, 1.82) is 0 Å². The number of para-hydroxylation sites is 1. The molecule has 1 aliphatic heterocycles. The van der Waals surface area contributed by atoms with Crippen LogP contribution in [0.4, 0.5) is 11.4 Å². The Morgan fingerprint density at radius 1 is 1.06 bits per heavy atom. The summed E-state index contributed by atoms with van der Waals surface area (Å²) in [6.07, 6.45) is -0.721. The summed E-state index contributed by atoms with van der Waals surface area (Å²) in [5, 5.41) is 3.34. The minimum Gasteiger partial charge on any atom is -0.497 e. The molecule has 4 rings (SSSR count). The van der Waals surface area contributed by atoms with Gasteiger partial charge in [-0.1, -0.05) is 12.1 Å². The first-order valence-electron chi connectivity index (χ1n) is 9.58. The lowest BCUT2D eigenvalue weighted by atomic mass is 10.0. The van der Waals surface area contributed by atoms with Crippen molar-refractivity contribution in [3.63, 3.8) is 0 Å². The number of esters is 1. The maximum atomic E-state index is 13.6. The molecular weight excluding hydrogens is 400 g/mol. The molecular formula is C23H22N2O6. The van der Waals surface area contributed by atoms with Gasteiger partial charge in [0.1, 0.15) is 28.6 Å². The highest BCUT2D eigenvalue weighted by molar-refractivity contribution is 6.12. The molecule has 0 unspecified atom stereocenters. The highest BCUT2D eigenvalue weighted by Crippen LogP contribution is 2.42. The third-order valence-electron chi connectivity index (χ3n) is 5.18. The molecule has 1 aromatic heterocycles.